The van der Waals surface area contributed by atoms with E-state index >= 15 is 0 Å². The Kier molecular flexibility index (Phi) is 3.21. The number of hydrogen-bond donors (Lipinski definition) is 0. The SMILES string of the molecule is N#CCCN(CC1COc2ccccc21)C1CC1. The molecule has 1 aromatic rings. The summed E-state index contributed by atoms with van der Waals surface area (Å²) in [5, 5.41) is 8.73. The van der Waals surface area contributed by atoms with Crippen LogP contribution in [0.2, 0.25) is 0 Å². The Hall–Kier alpha value is -1.53. The Morgan fingerprint density at radius 2 is 2.17 bits per heavy atom. The zero-order valence-electron chi connectivity index (χ0n) is 10.5. The first-order chi connectivity index (χ1) is 8.88. The molecule has 1 atom stereocenters. The minimum atomic E-state index is 0.473. The van der Waals surface area contributed by atoms with Crippen molar-refractivity contribution in [2.24, 2.45) is 0 Å². The zero-order valence-corrected chi connectivity index (χ0v) is 10.5. The minimum absolute atomic E-state index is 0.473. The molecule has 0 saturated heterocycles. The topological polar surface area (TPSA) is 36.3 Å². The average Bonchev–Trinajstić information content (AvgIpc) is 3.17. The lowest BCUT2D eigenvalue weighted by Crippen LogP contribution is -2.32. The number of benzene rings is 1. The number of nitrogens with zero attached hydrogens (tertiary/aromatic N) is 2. The lowest BCUT2D eigenvalue weighted by atomic mass is 10.0. The van der Waals surface area contributed by atoms with Crippen LogP contribution in [0, 0.1) is 11.3 Å². The van der Waals surface area contributed by atoms with Crippen LogP contribution in [0.15, 0.2) is 24.3 Å². The molecule has 94 valence electrons. The van der Waals surface area contributed by atoms with E-state index < -0.39 is 0 Å². The van der Waals surface area contributed by atoms with E-state index in [4.69, 9.17) is 10.00 Å². The van der Waals surface area contributed by atoms with Crippen molar-refractivity contribution in [2.75, 3.05) is 19.7 Å². The predicted molar refractivity (Wildman–Crippen MR) is 69.5 cm³/mol. The van der Waals surface area contributed by atoms with Gasteiger partial charge in [0.2, 0.25) is 0 Å². The fourth-order valence-electron chi connectivity index (χ4n) is 2.72. The maximum Gasteiger partial charge on any atom is 0.122 e. The quantitative estimate of drug-likeness (QED) is 0.796. The Morgan fingerprint density at radius 3 is 2.94 bits per heavy atom. The van der Waals surface area contributed by atoms with Gasteiger partial charge in [-0.2, -0.15) is 5.26 Å². The second-order valence-corrected chi connectivity index (χ2v) is 5.18. The summed E-state index contributed by atoms with van der Waals surface area (Å²) in [6.07, 6.45) is 3.22. The van der Waals surface area contributed by atoms with Crippen LogP contribution in [0.5, 0.6) is 5.75 Å². The van der Waals surface area contributed by atoms with Crippen LogP contribution >= 0.6 is 0 Å². The molecule has 1 fully saturated rings. The van der Waals surface area contributed by atoms with Crippen molar-refractivity contribution < 1.29 is 4.74 Å². The highest BCUT2D eigenvalue weighted by atomic mass is 16.5. The molecule has 1 saturated carbocycles. The fourth-order valence-corrected chi connectivity index (χ4v) is 2.72. The maximum absolute atomic E-state index is 8.73. The van der Waals surface area contributed by atoms with Crippen molar-refractivity contribution in [1.82, 2.24) is 4.90 Å². The van der Waals surface area contributed by atoms with Crippen LogP contribution in [0.3, 0.4) is 0 Å². The molecule has 2 aliphatic rings. The number of rotatable bonds is 5. The number of fused-ring (bicyclic) bond motifs is 1. The molecule has 3 rings (SSSR count). The van der Waals surface area contributed by atoms with Gasteiger partial charge in [-0.1, -0.05) is 18.2 Å². The molecule has 1 heterocycles. The van der Waals surface area contributed by atoms with Crippen molar-refractivity contribution in [3.63, 3.8) is 0 Å². The molecule has 0 amide bonds. The molecule has 0 radical (unpaired) electrons. The standard InChI is InChI=1S/C15H18N2O/c16-8-3-9-17(13-6-7-13)10-12-11-18-15-5-2-1-4-14(12)15/h1-2,4-5,12-13H,3,6-7,9-11H2. The minimum Gasteiger partial charge on any atom is -0.493 e. The van der Waals surface area contributed by atoms with Crippen molar-refractivity contribution >= 4 is 0 Å². The van der Waals surface area contributed by atoms with E-state index in [0.29, 0.717) is 18.4 Å². The Morgan fingerprint density at radius 1 is 1.33 bits per heavy atom. The van der Waals surface area contributed by atoms with Crippen LogP contribution < -0.4 is 4.74 Å². The van der Waals surface area contributed by atoms with E-state index in [1.54, 1.807) is 0 Å². The summed E-state index contributed by atoms with van der Waals surface area (Å²) in [6, 6.07) is 11.3. The lowest BCUT2D eigenvalue weighted by molar-refractivity contribution is 0.229. The Balaban J connectivity index is 1.67. The molecule has 1 aromatic carbocycles. The van der Waals surface area contributed by atoms with Crippen LogP contribution in [0.25, 0.3) is 0 Å². The first kappa shape index (κ1) is 11.6. The van der Waals surface area contributed by atoms with Gasteiger partial charge in [-0.25, -0.2) is 0 Å². The van der Waals surface area contributed by atoms with Gasteiger partial charge in [-0.15, -0.1) is 0 Å². The third kappa shape index (κ3) is 2.34. The first-order valence-corrected chi connectivity index (χ1v) is 6.71. The molecule has 0 aromatic heterocycles. The molecule has 0 spiro atoms. The summed E-state index contributed by atoms with van der Waals surface area (Å²) in [5.74, 6) is 1.51. The van der Waals surface area contributed by atoms with Gasteiger partial charge in [0.1, 0.15) is 5.75 Å². The summed E-state index contributed by atoms with van der Waals surface area (Å²) in [4.78, 5) is 2.47. The normalized spacial score (nSPS) is 21.4. The van der Waals surface area contributed by atoms with Gasteiger partial charge in [-0.05, 0) is 18.9 Å². The monoisotopic (exact) mass is 242 g/mol. The van der Waals surface area contributed by atoms with Crippen molar-refractivity contribution in [3.8, 4) is 11.8 Å². The largest absolute Gasteiger partial charge is 0.493 e. The average molecular weight is 242 g/mol. The summed E-state index contributed by atoms with van der Waals surface area (Å²) in [6.45, 7) is 2.72. The van der Waals surface area contributed by atoms with Crippen LogP contribution in [0.4, 0.5) is 0 Å². The van der Waals surface area contributed by atoms with E-state index in [1.807, 2.05) is 12.1 Å². The lowest BCUT2D eigenvalue weighted by Gasteiger charge is -2.23. The van der Waals surface area contributed by atoms with Gasteiger partial charge in [0.05, 0.1) is 12.7 Å². The zero-order chi connectivity index (χ0) is 12.4. The van der Waals surface area contributed by atoms with E-state index in [2.05, 4.69) is 23.1 Å². The van der Waals surface area contributed by atoms with Crippen LogP contribution in [0.1, 0.15) is 30.7 Å². The van der Waals surface area contributed by atoms with Gasteiger partial charge in [0.25, 0.3) is 0 Å². The molecule has 3 nitrogen and oxygen atoms in total. The molecule has 1 aliphatic heterocycles. The second-order valence-electron chi connectivity index (χ2n) is 5.18. The number of hydrogen-bond acceptors (Lipinski definition) is 3. The predicted octanol–water partition coefficient (Wildman–Crippen LogP) is 2.54. The van der Waals surface area contributed by atoms with Gasteiger partial charge < -0.3 is 4.74 Å². The second kappa shape index (κ2) is 4.99. The van der Waals surface area contributed by atoms with Crippen LogP contribution in [-0.2, 0) is 0 Å². The number of nitriles is 1. The molecular weight excluding hydrogens is 224 g/mol. The summed E-state index contributed by atoms with van der Waals surface area (Å²) in [7, 11) is 0. The third-order valence-corrected chi connectivity index (χ3v) is 3.83. The third-order valence-electron chi connectivity index (χ3n) is 3.83. The molecule has 0 bridgehead atoms. The molecule has 1 unspecified atom stereocenters. The maximum atomic E-state index is 8.73. The van der Waals surface area contributed by atoms with Gasteiger partial charge in [0.15, 0.2) is 0 Å². The highest BCUT2D eigenvalue weighted by Gasteiger charge is 2.33. The molecular formula is C15H18N2O. The molecule has 1 aliphatic carbocycles. The highest BCUT2D eigenvalue weighted by Crippen LogP contribution is 2.36. The molecule has 3 heteroatoms. The summed E-state index contributed by atoms with van der Waals surface area (Å²) >= 11 is 0. The van der Waals surface area contributed by atoms with Gasteiger partial charge in [0, 0.05) is 37.0 Å². The van der Waals surface area contributed by atoms with Crippen molar-refractivity contribution in [2.45, 2.75) is 31.2 Å². The molecule has 18 heavy (non-hydrogen) atoms. The fraction of sp³-hybridized carbons (Fsp3) is 0.533. The van der Waals surface area contributed by atoms with E-state index in [-0.39, 0.29) is 0 Å². The summed E-state index contributed by atoms with van der Waals surface area (Å²) < 4.78 is 5.72. The Bertz CT molecular complexity index is 462. The Labute approximate surface area is 108 Å². The number of para-hydroxylation sites is 1. The van der Waals surface area contributed by atoms with E-state index in [0.717, 1.165) is 25.4 Å². The van der Waals surface area contributed by atoms with Gasteiger partial charge in [-0.3, -0.25) is 4.90 Å². The first-order valence-electron chi connectivity index (χ1n) is 6.71. The van der Waals surface area contributed by atoms with Crippen molar-refractivity contribution in [1.29, 1.82) is 5.26 Å². The van der Waals surface area contributed by atoms with E-state index in [1.165, 1.54) is 18.4 Å². The number of ether oxygens (including phenoxy) is 1. The van der Waals surface area contributed by atoms with Crippen molar-refractivity contribution in [3.05, 3.63) is 29.8 Å². The van der Waals surface area contributed by atoms with Crippen LogP contribution in [-0.4, -0.2) is 30.6 Å². The van der Waals surface area contributed by atoms with Gasteiger partial charge >= 0.3 is 0 Å². The smallest absolute Gasteiger partial charge is 0.122 e. The summed E-state index contributed by atoms with van der Waals surface area (Å²) in [5.41, 5.74) is 1.33. The highest BCUT2D eigenvalue weighted by molar-refractivity contribution is 5.39. The van der Waals surface area contributed by atoms with E-state index in [9.17, 15) is 0 Å². The molecule has 0 N–H and O–H groups in total.